The summed E-state index contributed by atoms with van der Waals surface area (Å²) in [6.45, 7) is -0.0231. The molecule has 0 aromatic carbocycles. The van der Waals surface area contributed by atoms with Gasteiger partial charge in [0.1, 0.15) is 36.0 Å². The van der Waals surface area contributed by atoms with E-state index in [4.69, 9.17) is 31.2 Å². The molecule has 4 heterocycles. The highest BCUT2D eigenvalue weighted by atomic mass is 31.3. The third kappa shape index (κ3) is 5.94. The van der Waals surface area contributed by atoms with Gasteiger partial charge in [0, 0.05) is 0 Å². The van der Waals surface area contributed by atoms with E-state index in [1.807, 2.05) is 0 Å². The molecule has 10 atom stereocenters. The number of nitrogens with zero attached hydrogens (tertiary/aromatic N) is 4. The van der Waals surface area contributed by atoms with Crippen molar-refractivity contribution in [3.05, 3.63) is 6.33 Å². The maximum atomic E-state index is 12.3. The number of rotatable bonds is 9. The van der Waals surface area contributed by atoms with Crippen molar-refractivity contribution in [2.75, 3.05) is 24.7 Å². The van der Waals surface area contributed by atoms with Crippen LogP contribution in [0.4, 0.5) is 11.8 Å². The second kappa shape index (κ2) is 10.4. The Morgan fingerprint density at radius 3 is 2.22 bits per heavy atom. The van der Waals surface area contributed by atoms with Crippen molar-refractivity contribution >= 4 is 38.6 Å². The molecule has 0 saturated carbocycles. The van der Waals surface area contributed by atoms with E-state index in [1.54, 1.807) is 0 Å². The molecule has 0 radical (unpaired) electrons. The minimum atomic E-state index is -5.23. The van der Waals surface area contributed by atoms with Crippen LogP contribution in [0.25, 0.3) is 11.2 Å². The predicted molar refractivity (Wildman–Crippen MR) is 121 cm³/mol. The number of aliphatic hydroxyl groups is 3. The van der Waals surface area contributed by atoms with Crippen molar-refractivity contribution in [2.45, 2.75) is 55.8 Å². The number of ether oxygens (including phenoxy) is 2. The Bertz CT molecular complexity index is 1230. The van der Waals surface area contributed by atoms with E-state index >= 15 is 0 Å². The molecular formula is C16H27N7O12P2. The molecule has 2 aromatic heterocycles. The van der Waals surface area contributed by atoms with Crippen LogP contribution < -0.4 is 17.2 Å². The van der Waals surface area contributed by atoms with Gasteiger partial charge in [0.05, 0.1) is 31.7 Å². The predicted octanol–water partition coefficient (Wildman–Crippen LogP) is -2.66. The van der Waals surface area contributed by atoms with Crippen LogP contribution in [0.2, 0.25) is 0 Å². The molecule has 21 heteroatoms. The van der Waals surface area contributed by atoms with E-state index in [2.05, 4.69) is 23.8 Å². The first kappa shape index (κ1) is 28.2. The largest absolute Gasteiger partial charge is 0.481 e. The molecule has 37 heavy (non-hydrogen) atoms. The van der Waals surface area contributed by atoms with Crippen LogP contribution >= 0.6 is 15.6 Å². The van der Waals surface area contributed by atoms with Crippen molar-refractivity contribution in [1.29, 1.82) is 0 Å². The number of phosphoric acid groups is 2. The minimum absolute atomic E-state index is 0.00775. The fraction of sp³-hybridized carbons (Fsp3) is 0.688. The Kier molecular flexibility index (Phi) is 7.91. The lowest BCUT2D eigenvalue weighted by Crippen LogP contribution is -2.41. The molecule has 19 nitrogen and oxygen atoms in total. The molecule has 0 bridgehead atoms. The van der Waals surface area contributed by atoms with Crippen LogP contribution in [0, 0.1) is 0 Å². The fourth-order valence-corrected chi connectivity index (χ4v) is 5.96. The van der Waals surface area contributed by atoms with Gasteiger partial charge in [-0.15, -0.1) is 0 Å². The minimum Gasteiger partial charge on any atom is -0.388 e. The Labute approximate surface area is 208 Å². The molecule has 2 saturated heterocycles. The summed E-state index contributed by atoms with van der Waals surface area (Å²) in [7, 11) is -10.4. The topological polar surface area (TPSA) is 303 Å². The summed E-state index contributed by atoms with van der Waals surface area (Å²) >= 11 is 0. The second-order valence-corrected chi connectivity index (χ2v) is 11.4. The number of aliphatic hydroxyl groups excluding tert-OH is 3. The van der Waals surface area contributed by atoms with E-state index in [0.29, 0.717) is 0 Å². The molecule has 10 unspecified atom stereocenters. The van der Waals surface area contributed by atoms with Crippen molar-refractivity contribution in [2.24, 2.45) is 5.73 Å². The van der Waals surface area contributed by atoms with Crippen molar-refractivity contribution in [3.63, 3.8) is 0 Å². The summed E-state index contributed by atoms with van der Waals surface area (Å²) in [4.78, 5) is 31.5. The Balaban J connectivity index is 1.35. The van der Waals surface area contributed by atoms with Gasteiger partial charge in [-0.1, -0.05) is 0 Å². The second-order valence-electron chi connectivity index (χ2n) is 8.40. The summed E-state index contributed by atoms with van der Waals surface area (Å²) in [6.07, 6.45) is -7.12. The first-order chi connectivity index (χ1) is 17.2. The molecule has 0 spiro atoms. The van der Waals surface area contributed by atoms with Gasteiger partial charge < -0.3 is 51.8 Å². The number of anilines is 2. The third-order valence-corrected chi connectivity index (χ3v) is 8.38. The maximum absolute atomic E-state index is 12.3. The van der Waals surface area contributed by atoms with Crippen LogP contribution in [0.1, 0.15) is 13.2 Å². The zero-order chi connectivity index (χ0) is 27.3. The number of aromatic nitrogens is 4. The Hall–Kier alpha value is -1.83. The number of phosphoric ester groups is 2. The van der Waals surface area contributed by atoms with E-state index in [9.17, 15) is 34.2 Å². The van der Waals surface area contributed by atoms with Gasteiger partial charge in [-0.05, 0) is 6.92 Å². The molecule has 2 aliphatic heterocycles. The van der Waals surface area contributed by atoms with E-state index in [1.165, 1.54) is 17.8 Å². The van der Waals surface area contributed by atoms with E-state index in [0.717, 1.165) is 0 Å². The van der Waals surface area contributed by atoms with Gasteiger partial charge in [0.15, 0.2) is 17.7 Å². The number of imidazole rings is 1. The highest BCUT2D eigenvalue weighted by molar-refractivity contribution is 7.61. The van der Waals surface area contributed by atoms with E-state index < -0.39 is 77.8 Å². The number of fused-ring (bicyclic) bond motifs is 1. The van der Waals surface area contributed by atoms with Crippen LogP contribution in [-0.2, 0) is 32.0 Å². The van der Waals surface area contributed by atoms with Gasteiger partial charge in [0.2, 0.25) is 5.95 Å². The number of hydrogen-bond donors (Lipinski definition) is 8. The molecule has 2 aromatic rings. The standard InChI is InChI=1S/C16H27N7O12P2/c1-5-10(24)11(25)7(33-5)3-32-37(29,30)35-36(27,28)31-2-6-8(17)12(26)15(34-6)23-4-20-9-13(18)21-16(19)22-14(9)23/h4-8,10-12,15,24-26H,2-3,17H2,1H3,(H,27,28)(H,29,30)(H4,18,19,21,22). The monoisotopic (exact) mass is 571 g/mol. The first-order valence-electron chi connectivity index (χ1n) is 10.7. The van der Waals surface area contributed by atoms with Gasteiger partial charge in [-0.25, -0.2) is 14.1 Å². The van der Waals surface area contributed by atoms with Crippen molar-refractivity contribution < 1.29 is 57.1 Å². The van der Waals surface area contributed by atoms with Gasteiger partial charge in [-0.2, -0.15) is 14.3 Å². The molecule has 2 aliphatic rings. The normalized spacial score (nSPS) is 35.5. The number of hydrogen-bond acceptors (Lipinski definition) is 16. The lowest BCUT2D eigenvalue weighted by atomic mass is 10.1. The lowest BCUT2D eigenvalue weighted by molar-refractivity contribution is -0.0485. The SMILES string of the molecule is CC1OC(COP(=O)(O)OP(=O)(O)OCC2OC(n3cnc4c(N)nc(N)nc43)C(O)C2N)C(O)C1O. The number of nitrogen functional groups attached to an aromatic ring is 2. The zero-order valence-electron chi connectivity index (χ0n) is 19.1. The third-order valence-electron chi connectivity index (χ3n) is 5.78. The number of nitrogens with two attached hydrogens (primary N) is 3. The molecule has 11 N–H and O–H groups in total. The van der Waals surface area contributed by atoms with Crippen LogP contribution in [0.5, 0.6) is 0 Å². The summed E-state index contributed by atoms with van der Waals surface area (Å²) in [5, 5.41) is 30.0. The average Bonchev–Trinajstić information content (AvgIpc) is 3.41. The Morgan fingerprint density at radius 2 is 1.62 bits per heavy atom. The highest BCUT2D eigenvalue weighted by Crippen LogP contribution is 2.60. The average molecular weight is 571 g/mol. The summed E-state index contributed by atoms with van der Waals surface area (Å²) in [5.41, 5.74) is 17.7. The Morgan fingerprint density at radius 1 is 1.00 bits per heavy atom. The molecule has 0 amide bonds. The van der Waals surface area contributed by atoms with Crippen LogP contribution in [0.3, 0.4) is 0 Å². The molecule has 208 valence electrons. The summed E-state index contributed by atoms with van der Waals surface area (Å²) in [6, 6.07) is -1.15. The van der Waals surface area contributed by atoms with Crippen LogP contribution in [-0.4, -0.2) is 101 Å². The smallest absolute Gasteiger partial charge is 0.388 e. The van der Waals surface area contributed by atoms with Gasteiger partial charge >= 0.3 is 15.6 Å². The van der Waals surface area contributed by atoms with Crippen molar-refractivity contribution in [1.82, 2.24) is 19.5 Å². The summed E-state index contributed by atoms with van der Waals surface area (Å²) < 4.78 is 50.1. The fourth-order valence-electron chi connectivity index (χ4n) is 3.87. The molecule has 2 fully saturated rings. The summed E-state index contributed by atoms with van der Waals surface area (Å²) in [5.74, 6) is -0.163. The van der Waals surface area contributed by atoms with Crippen molar-refractivity contribution in [3.8, 4) is 0 Å². The molecular weight excluding hydrogens is 544 g/mol. The van der Waals surface area contributed by atoms with E-state index in [-0.39, 0.29) is 22.9 Å². The van der Waals surface area contributed by atoms with Gasteiger partial charge in [0.25, 0.3) is 0 Å². The molecule has 4 rings (SSSR count). The van der Waals surface area contributed by atoms with Gasteiger partial charge in [-0.3, -0.25) is 13.6 Å². The zero-order valence-corrected chi connectivity index (χ0v) is 20.9. The van der Waals surface area contributed by atoms with Crippen LogP contribution in [0.15, 0.2) is 6.33 Å². The molecule has 0 aliphatic carbocycles. The quantitative estimate of drug-likeness (QED) is 0.142. The highest BCUT2D eigenvalue weighted by Gasteiger charge is 2.46. The lowest BCUT2D eigenvalue weighted by Gasteiger charge is -2.20. The maximum Gasteiger partial charge on any atom is 0.481 e. The first-order valence-corrected chi connectivity index (χ1v) is 13.7.